The summed E-state index contributed by atoms with van der Waals surface area (Å²) in [6, 6.07) is 4.84. The molecule has 0 saturated carbocycles. The third-order valence-electron chi connectivity index (χ3n) is 3.29. The molecular formula is C15H22Cl2N2O. The summed E-state index contributed by atoms with van der Waals surface area (Å²) in [5, 5.41) is 4.08. The van der Waals surface area contributed by atoms with Gasteiger partial charge < -0.3 is 11.1 Å². The van der Waals surface area contributed by atoms with Gasteiger partial charge in [0.05, 0.1) is 6.04 Å². The predicted octanol–water partition coefficient (Wildman–Crippen LogP) is 3.59. The Balaban J connectivity index is 2.69. The molecule has 0 saturated heterocycles. The molecule has 2 atom stereocenters. The van der Waals surface area contributed by atoms with Crippen LogP contribution in [-0.2, 0) is 4.79 Å². The summed E-state index contributed by atoms with van der Waals surface area (Å²) in [5.74, 6) is -0.139. The number of hydrogen-bond donors (Lipinski definition) is 2. The minimum atomic E-state index is -0.545. The van der Waals surface area contributed by atoms with Gasteiger partial charge in [-0.2, -0.15) is 0 Å². The SMILES string of the molecule is CC(CNC(=O)[C@@H](N)C(C)(C)C)c1c(Cl)cccc1Cl. The van der Waals surface area contributed by atoms with Crippen LogP contribution in [-0.4, -0.2) is 18.5 Å². The number of nitrogens with one attached hydrogen (secondary N) is 1. The minimum absolute atomic E-state index is 0.0207. The Morgan fingerprint density at radius 1 is 1.30 bits per heavy atom. The smallest absolute Gasteiger partial charge is 0.237 e. The third-order valence-corrected chi connectivity index (χ3v) is 3.95. The molecule has 0 aliphatic rings. The van der Waals surface area contributed by atoms with Gasteiger partial charge in [-0.15, -0.1) is 0 Å². The standard InChI is InChI=1S/C15H22Cl2N2O/c1-9(12-10(16)6-5-7-11(12)17)8-19-14(20)13(18)15(2,3)4/h5-7,9,13H,8,18H2,1-4H3,(H,19,20)/t9?,13-/m1/s1. The van der Waals surface area contributed by atoms with E-state index < -0.39 is 6.04 Å². The number of amides is 1. The van der Waals surface area contributed by atoms with E-state index in [0.717, 1.165) is 5.56 Å². The molecule has 0 aliphatic heterocycles. The summed E-state index contributed by atoms with van der Waals surface area (Å²) in [4.78, 5) is 12.0. The molecule has 5 heteroatoms. The van der Waals surface area contributed by atoms with Crippen molar-refractivity contribution < 1.29 is 4.79 Å². The number of benzene rings is 1. The lowest BCUT2D eigenvalue weighted by Crippen LogP contribution is -2.49. The first-order valence-corrected chi connectivity index (χ1v) is 7.37. The van der Waals surface area contributed by atoms with Crippen LogP contribution >= 0.6 is 23.2 Å². The average molecular weight is 317 g/mol. The van der Waals surface area contributed by atoms with Gasteiger partial charge in [-0.05, 0) is 23.1 Å². The molecule has 0 aliphatic carbocycles. The molecule has 3 nitrogen and oxygen atoms in total. The largest absolute Gasteiger partial charge is 0.354 e. The number of halogens is 2. The fourth-order valence-corrected chi connectivity index (χ4v) is 2.61. The van der Waals surface area contributed by atoms with Crippen LogP contribution in [0, 0.1) is 5.41 Å². The number of carbonyl (C=O) groups is 1. The van der Waals surface area contributed by atoms with E-state index in [1.54, 1.807) is 18.2 Å². The second kappa shape index (κ2) is 6.79. The molecule has 0 heterocycles. The Hall–Kier alpha value is -0.770. The Bertz CT molecular complexity index is 463. The second-order valence-electron chi connectivity index (χ2n) is 6.13. The maximum absolute atomic E-state index is 12.0. The van der Waals surface area contributed by atoms with Gasteiger partial charge in [0.2, 0.25) is 5.91 Å². The normalized spacial score (nSPS) is 14.8. The van der Waals surface area contributed by atoms with Crippen LogP contribution in [0.1, 0.15) is 39.2 Å². The first kappa shape index (κ1) is 17.3. The van der Waals surface area contributed by atoms with Crippen molar-refractivity contribution in [2.24, 2.45) is 11.1 Å². The van der Waals surface area contributed by atoms with Crippen LogP contribution in [0.15, 0.2) is 18.2 Å². The minimum Gasteiger partial charge on any atom is -0.354 e. The Kier molecular flexibility index (Phi) is 5.87. The highest BCUT2D eigenvalue weighted by atomic mass is 35.5. The van der Waals surface area contributed by atoms with E-state index in [1.807, 2.05) is 27.7 Å². The molecule has 0 spiro atoms. The van der Waals surface area contributed by atoms with Crippen molar-refractivity contribution in [2.75, 3.05) is 6.54 Å². The molecule has 112 valence electrons. The first-order valence-electron chi connectivity index (χ1n) is 6.61. The van der Waals surface area contributed by atoms with Crippen molar-refractivity contribution in [1.29, 1.82) is 0 Å². The predicted molar refractivity (Wildman–Crippen MR) is 85.3 cm³/mol. The number of hydrogen-bond acceptors (Lipinski definition) is 2. The van der Waals surface area contributed by atoms with Gasteiger partial charge in [0.1, 0.15) is 0 Å². The van der Waals surface area contributed by atoms with Gasteiger partial charge in [-0.3, -0.25) is 4.79 Å². The van der Waals surface area contributed by atoms with Gasteiger partial charge in [0.15, 0.2) is 0 Å². The zero-order valence-corrected chi connectivity index (χ0v) is 13.8. The van der Waals surface area contributed by atoms with Gasteiger partial charge in [-0.25, -0.2) is 0 Å². The number of carbonyl (C=O) groups excluding carboxylic acids is 1. The number of nitrogens with two attached hydrogens (primary N) is 1. The van der Waals surface area contributed by atoms with Crippen LogP contribution < -0.4 is 11.1 Å². The first-order chi connectivity index (χ1) is 9.14. The molecule has 0 bridgehead atoms. The summed E-state index contributed by atoms with van der Waals surface area (Å²) < 4.78 is 0. The lowest BCUT2D eigenvalue weighted by molar-refractivity contribution is -0.124. The molecular weight excluding hydrogens is 295 g/mol. The molecule has 0 radical (unpaired) electrons. The van der Waals surface area contributed by atoms with E-state index >= 15 is 0 Å². The van der Waals surface area contributed by atoms with Crippen LogP contribution in [0.4, 0.5) is 0 Å². The van der Waals surface area contributed by atoms with Crippen LogP contribution in [0.5, 0.6) is 0 Å². The quantitative estimate of drug-likeness (QED) is 0.892. The van der Waals surface area contributed by atoms with Crippen molar-refractivity contribution in [3.63, 3.8) is 0 Å². The van der Waals surface area contributed by atoms with E-state index in [-0.39, 0.29) is 17.2 Å². The van der Waals surface area contributed by atoms with Crippen molar-refractivity contribution in [1.82, 2.24) is 5.32 Å². The average Bonchev–Trinajstić information content (AvgIpc) is 2.33. The van der Waals surface area contributed by atoms with E-state index in [4.69, 9.17) is 28.9 Å². The summed E-state index contributed by atoms with van der Waals surface area (Å²) in [5.41, 5.74) is 6.49. The third kappa shape index (κ3) is 4.37. The highest BCUT2D eigenvalue weighted by Crippen LogP contribution is 2.31. The molecule has 20 heavy (non-hydrogen) atoms. The molecule has 1 rings (SSSR count). The molecule has 1 amide bonds. The maximum Gasteiger partial charge on any atom is 0.237 e. The maximum atomic E-state index is 12.0. The summed E-state index contributed by atoms with van der Waals surface area (Å²) in [6.07, 6.45) is 0. The van der Waals surface area contributed by atoms with E-state index in [1.165, 1.54) is 0 Å². The second-order valence-corrected chi connectivity index (χ2v) is 6.94. The van der Waals surface area contributed by atoms with Gasteiger partial charge in [0, 0.05) is 22.5 Å². The summed E-state index contributed by atoms with van der Waals surface area (Å²) in [7, 11) is 0. The molecule has 0 fully saturated rings. The van der Waals surface area contributed by atoms with Crippen molar-refractivity contribution in [2.45, 2.75) is 39.7 Å². The fraction of sp³-hybridized carbons (Fsp3) is 0.533. The van der Waals surface area contributed by atoms with Gasteiger partial charge in [0.25, 0.3) is 0 Å². The molecule has 0 aromatic heterocycles. The van der Waals surface area contributed by atoms with Crippen molar-refractivity contribution in [3.05, 3.63) is 33.8 Å². The van der Waals surface area contributed by atoms with Gasteiger partial charge >= 0.3 is 0 Å². The van der Waals surface area contributed by atoms with Gasteiger partial charge in [-0.1, -0.05) is 57.0 Å². The van der Waals surface area contributed by atoms with E-state index in [9.17, 15) is 4.79 Å². The van der Waals surface area contributed by atoms with Crippen molar-refractivity contribution >= 4 is 29.1 Å². The fourth-order valence-electron chi connectivity index (χ4n) is 1.84. The topological polar surface area (TPSA) is 55.1 Å². The van der Waals surface area contributed by atoms with Crippen LogP contribution in [0.2, 0.25) is 10.0 Å². The van der Waals surface area contributed by atoms with Crippen LogP contribution in [0.3, 0.4) is 0 Å². The molecule has 1 aromatic rings. The monoisotopic (exact) mass is 316 g/mol. The summed E-state index contributed by atoms with van der Waals surface area (Å²) >= 11 is 12.3. The lowest BCUT2D eigenvalue weighted by Gasteiger charge is -2.26. The molecule has 1 unspecified atom stereocenters. The number of rotatable bonds is 4. The Morgan fingerprint density at radius 2 is 1.80 bits per heavy atom. The van der Waals surface area contributed by atoms with Crippen molar-refractivity contribution in [3.8, 4) is 0 Å². The molecule has 1 aromatic carbocycles. The van der Waals surface area contributed by atoms with Crippen LogP contribution in [0.25, 0.3) is 0 Å². The zero-order chi connectivity index (χ0) is 15.5. The molecule has 3 N–H and O–H groups in total. The summed E-state index contributed by atoms with van der Waals surface area (Å²) in [6.45, 7) is 8.23. The zero-order valence-electron chi connectivity index (χ0n) is 12.3. The van der Waals surface area contributed by atoms with E-state index in [0.29, 0.717) is 16.6 Å². The van der Waals surface area contributed by atoms with E-state index in [2.05, 4.69) is 5.32 Å². The lowest BCUT2D eigenvalue weighted by atomic mass is 9.87. The Labute approximate surface area is 130 Å². The Morgan fingerprint density at radius 3 is 2.25 bits per heavy atom. The highest BCUT2D eigenvalue weighted by Gasteiger charge is 2.27. The highest BCUT2D eigenvalue weighted by molar-refractivity contribution is 6.36.